The quantitative estimate of drug-likeness (QED) is 0.879. The standard InChI is InChI=1S/C15H21N3O3/c1-16-14(11-8-17-18(2)9-11)10-6-12(19-3)15(21-5)13(7-10)20-4/h6-9,14,16H,1-5H3. The van der Waals surface area contributed by atoms with Crippen molar-refractivity contribution in [1.29, 1.82) is 0 Å². The molecule has 1 aromatic carbocycles. The van der Waals surface area contributed by atoms with E-state index < -0.39 is 0 Å². The fraction of sp³-hybridized carbons (Fsp3) is 0.400. The van der Waals surface area contributed by atoms with Crippen LogP contribution in [-0.4, -0.2) is 38.2 Å². The summed E-state index contributed by atoms with van der Waals surface area (Å²) >= 11 is 0. The van der Waals surface area contributed by atoms with Crippen molar-refractivity contribution in [2.24, 2.45) is 7.05 Å². The van der Waals surface area contributed by atoms with Gasteiger partial charge in [0.1, 0.15) is 0 Å². The zero-order valence-electron chi connectivity index (χ0n) is 13.0. The second-order valence-corrected chi connectivity index (χ2v) is 4.63. The van der Waals surface area contributed by atoms with Gasteiger partial charge >= 0.3 is 0 Å². The highest BCUT2D eigenvalue weighted by Gasteiger charge is 2.20. The molecule has 6 heteroatoms. The fourth-order valence-corrected chi connectivity index (χ4v) is 2.38. The van der Waals surface area contributed by atoms with E-state index in [0.717, 1.165) is 11.1 Å². The molecule has 2 aromatic rings. The van der Waals surface area contributed by atoms with Crippen LogP contribution in [0.4, 0.5) is 0 Å². The Kier molecular flexibility index (Phi) is 4.70. The number of methoxy groups -OCH3 is 3. The Morgan fingerprint density at radius 1 is 1.05 bits per heavy atom. The molecular formula is C15H21N3O3. The average molecular weight is 291 g/mol. The second-order valence-electron chi connectivity index (χ2n) is 4.63. The van der Waals surface area contributed by atoms with Gasteiger partial charge in [0.15, 0.2) is 11.5 Å². The Balaban J connectivity index is 2.51. The highest BCUT2D eigenvalue weighted by Crippen LogP contribution is 2.40. The maximum absolute atomic E-state index is 5.40. The first kappa shape index (κ1) is 15.2. The number of hydrogen-bond acceptors (Lipinski definition) is 5. The maximum atomic E-state index is 5.40. The van der Waals surface area contributed by atoms with E-state index in [2.05, 4.69) is 10.4 Å². The van der Waals surface area contributed by atoms with Crippen LogP contribution in [0.25, 0.3) is 0 Å². The molecule has 0 radical (unpaired) electrons. The predicted molar refractivity (Wildman–Crippen MR) is 80.2 cm³/mol. The summed E-state index contributed by atoms with van der Waals surface area (Å²) in [4.78, 5) is 0. The van der Waals surface area contributed by atoms with Crippen molar-refractivity contribution < 1.29 is 14.2 Å². The van der Waals surface area contributed by atoms with Crippen molar-refractivity contribution in [2.75, 3.05) is 28.4 Å². The van der Waals surface area contributed by atoms with Gasteiger partial charge in [0.2, 0.25) is 5.75 Å². The topological polar surface area (TPSA) is 57.5 Å². The summed E-state index contributed by atoms with van der Waals surface area (Å²) in [6.45, 7) is 0. The molecule has 6 nitrogen and oxygen atoms in total. The normalized spacial score (nSPS) is 12.0. The minimum atomic E-state index is -0.00703. The first-order valence-corrected chi connectivity index (χ1v) is 6.60. The van der Waals surface area contributed by atoms with Crippen molar-refractivity contribution >= 4 is 0 Å². The number of nitrogens with one attached hydrogen (secondary N) is 1. The molecule has 0 fully saturated rings. The molecule has 1 heterocycles. The summed E-state index contributed by atoms with van der Waals surface area (Å²) in [6.07, 6.45) is 3.81. The van der Waals surface area contributed by atoms with Crippen LogP contribution >= 0.6 is 0 Å². The van der Waals surface area contributed by atoms with Crippen LogP contribution in [-0.2, 0) is 7.05 Å². The fourth-order valence-electron chi connectivity index (χ4n) is 2.38. The van der Waals surface area contributed by atoms with Gasteiger partial charge in [-0.25, -0.2) is 0 Å². The van der Waals surface area contributed by atoms with Crippen LogP contribution in [0.2, 0.25) is 0 Å². The maximum Gasteiger partial charge on any atom is 0.203 e. The minimum Gasteiger partial charge on any atom is -0.493 e. The van der Waals surface area contributed by atoms with Crippen molar-refractivity contribution in [3.8, 4) is 17.2 Å². The predicted octanol–water partition coefficient (Wildman–Crippen LogP) is 1.75. The summed E-state index contributed by atoms with van der Waals surface area (Å²) in [5.41, 5.74) is 2.08. The molecule has 0 saturated carbocycles. The summed E-state index contributed by atoms with van der Waals surface area (Å²) in [6, 6.07) is 3.87. The van der Waals surface area contributed by atoms with E-state index in [9.17, 15) is 0 Å². The number of ether oxygens (including phenoxy) is 3. The Bertz CT molecular complexity index is 585. The molecule has 114 valence electrons. The van der Waals surface area contributed by atoms with Gasteiger partial charge in [0.25, 0.3) is 0 Å². The van der Waals surface area contributed by atoms with E-state index in [1.165, 1.54) is 0 Å². The van der Waals surface area contributed by atoms with Crippen molar-refractivity contribution in [3.63, 3.8) is 0 Å². The Hall–Kier alpha value is -2.21. The van der Waals surface area contributed by atoms with E-state index in [1.54, 1.807) is 26.0 Å². The van der Waals surface area contributed by atoms with Gasteiger partial charge < -0.3 is 19.5 Å². The Morgan fingerprint density at radius 2 is 1.67 bits per heavy atom. The SMILES string of the molecule is CNC(c1cc(OC)c(OC)c(OC)c1)c1cnn(C)c1. The van der Waals surface area contributed by atoms with E-state index in [4.69, 9.17) is 14.2 Å². The van der Waals surface area contributed by atoms with Crippen LogP contribution in [0, 0.1) is 0 Å². The average Bonchev–Trinajstić information content (AvgIpc) is 2.93. The van der Waals surface area contributed by atoms with E-state index in [1.807, 2.05) is 38.6 Å². The van der Waals surface area contributed by atoms with E-state index >= 15 is 0 Å². The molecule has 0 spiro atoms. The van der Waals surface area contributed by atoms with Crippen LogP contribution in [0.15, 0.2) is 24.5 Å². The third-order valence-electron chi connectivity index (χ3n) is 3.37. The molecule has 1 aromatic heterocycles. The third-order valence-corrected chi connectivity index (χ3v) is 3.37. The lowest BCUT2D eigenvalue weighted by molar-refractivity contribution is 0.323. The van der Waals surface area contributed by atoms with Gasteiger partial charge in [-0.1, -0.05) is 0 Å². The molecule has 21 heavy (non-hydrogen) atoms. The molecule has 0 aliphatic rings. The van der Waals surface area contributed by atoms with Crippen LogP contribution in [0.5, 0.6) is 17.2 Å². The van der Waals surface area contributed by atoms with Crippen LogP contribution in [0.3, 0.4) is 0 Å². The smallest absolute Gasteiger partial charge is 0.203 e. The van der Waals surface area contributed by atoms with Crippen molar-refractivity contribution in [1.82, 2.24) is 15.1 Å². The molecule has 0 saturated heterocycles. The molecule has 0 bridgehead atoms. The van der Waals surface area contributed by atoms with Crippen molar-refractivity contribution in [2.45, 2.75) is 6.04 Å². The first-order chi connectivity index (χ1) is 10.1. The minimum absolute atomic E-state index is 0.00703. The number of aryl methyl sites for hydroxylation is 1. The van der Waals surface area contributed by atoms with Gasteiger partial charge in [0, 0.05) is 18.8 Å². The van der Waals surface area contributed by atoms with Crippen LogP contribution < -0.4 is 19.5 Å². The first-order valence-electron chi connectivity index (χ1n) is 6.60. The summed E-state index contributed by atoms with van der Waals surface area (Å²) in [5, 5.41) is 7.50. The molecule has 0 aliphatic carbocycles. The molecule has 0 aliphatic heterocycles. The Morgan fingerprint density at radius 3 is 2.05 bits per heavy atom. The largest absolute Gasteiger partial charge is 0.493 e. The number of aromatic nitrogens is 2. The highest BCUT2D eigenvalue weighted by atomic mass is 16.5. The van der Waals surface area contributed by atoms with E-state index in [-0.39, 0.29) is 6.04 Å². The molecule has 2 rings (SSSR count). The molecule has 1 N–H and O–H groups in total. The summed E-state index contributed by atoms with van der Waals surface area (Å²) in [5.74, 6) is 1.86. The zero-order chi connectivity index (χ0) is 15.4. The van der Waals surface area contributed by atoms with Gasteiger partial charge in [-0.05, 0) is 24.7 Å². The lowest BCUT2D eigenvalue weighted by atomic mass is 10.0. The van der Waals surface area contributed by atoms with Crippen LogP contribution in [0.1, 0.15) is 17.2 Å². The molecular weight excluding hydrogens is 270 g/mol. The zero-order valence-corrected chi connectivity index (χ0v) is 13.0. The molecule has 1 unspecified atom stereocenters. The van der Waals surface area contributed by atoms with E-state index in [0.29, 0.717) is 17.2 Å². The number of hydrogen-bond donors (Lipinski definition) is 1. The highest BCUT2D eigenvalue weighted by molar-refractivity contribution is 5.55. The summed E-state index contributed by atoms with van der Waals surface area (Å²) in [7, 11) is 8.61. The second kappa shape index (κ2) is 6.49. The summed E-state index contributed by atoms with van der Waals surface area (Å²) < 4.78 is 17.9. The lowest BCUT2D eigenvalue weighted by Crippen LogP contribution is -2.17. The van der Waals surface area contributed by atoms with Gasteiger partial charge in [-0.2, -0.15) is 5.10 Å². The molecule has 1 atom stereocenters. The Labute approximate surface area is 124 Å². The van der Waals surface area contributed by atoms with Gasteiger partial charge in [0.05, 0.1) is 33.6 Å². The number of benzene rings is 1. The lowest BCUT2D eigenvalue weighted by Gasteiger charge is -2.19. The third kappa shape index (κ3) is 2.95. The van der Waals surface area contributed by atoms with Gasteiger partial charge in [-0.15, -0.1) is 0 Å². The molecule has 0 amide bonds. The van der Waals surface area contributed by atoms with Crippen molar-refractivity contribution in [3.05, 3.63) is 35.7 Å². The number of rotatable bonds is 6. The van der Waals surface area contributed by atoms with Gasteiger partial charge in [-0.3, -0.25) is 4.68 Å². The monoisotopic (exact) mass is 291 g/mol. The number of nitrogens with zero attached hydrogens (tertiary/aromatic N) is 2.